The topological polar surface area (TPSA) is 56.2 Å². The molecular formula is C17H11Cl2F2N3O2. The van der Waals surface area contributed by atoms with Crippen LogP contribution < -0.4 is 10.1 Å². The second-order valence-electron chi connectivity index (χ2n) is 5.15. The van der Waals surface area contributed by atoms with E-state index in [0.29, 0.717) is 15.8 Å². The number of anilines is 1. The molecule has 0 atom stereocenters. The Morgan fingerprint density at radius 1 is 1.12 bits per heavy atom. The smallest absolute Gasteiger partial charge is 0.276 e. The molecule has 0 aliphatic rings. The second kappa shape index (κ2) is 7.72. The van der Waals surface area contributed by atoms with Gasteiger partial charge in [-0.25, -0.2) is 13.5 Å². The quantitative estimate of drug-likeness (QED) is 0.675. The molecule has 1 N–H and O–H groups in total. The first-order valence-electron chi connectivity index (χ1n) is 7.30. The standard InChI is InChI=1S/C17H11Cl2F2N3O2/c18-11-2-1-3-12(19)16(11)26-9-24-7-6-15(23-24)17(25)22-10-4-5-13(20)14(21)8-10/h1-8H,9H2,(H,22,25). The Morgan fingerprint density at radius 2 is 1.85 bits per heavy atom. The average Bonchev–Trinajstić information content (AvgIpc) is 3.07. The van der Waals surface area contributed by atoms with Crippen LogP contribution in [0.25, 0.3) is 0 Å². The number of carbonyl (C=O) groups excluding carboxylic acids is 1. The summed E-state index contributed by atoms with van der Waals surface area (Å²) in [5, 5.41) is 7.17. The van der Waals surface area contributed by atoms with Gasteiger partial charge in [0, 0.05) is 18.0 Å². The summed E-state index contributed by atoms with van der Waals surface area (Å²) >= 11 is 12.0. The molecule has 5 nitrogen and oxygen atoms in total. The van der Waals surface area contributed by atoms with Gasteiger partial charge in [0.15, 0.2) is 29.8 Å². The molecule has 3 rings (SSSR count). The Labute approximate surface area is 157 Å². The molecule has 2 aromatic carbocycles. The van der Waals surface area contributed by atoms with Crippen LogP contribution >= 0.6 is 23.2 Å². The zero-order valence-corrected chi connectivity index (χ0v) is 14.6. The van der Waals surface area contributed by atoms with Crippen molar-refractivity contribution in [3.05, 3.63) is 76.0 Å². The number of hydrogen-bond donors (Lipinski definition) is 1. The molecular weight excluding hydrogens is 387 g/mol. The minimum absolute atomic E-state index is 0.0259. The highest BCUT2D eigenvalue weighted by Crippen LogP contribution is 2.32. The number of hydrogen-bond acceptors (Lipinski definition) is 3. The van der Waals surface area contributed by atoms with Crippen molar-refractivity contribution in [2.24, 2.45) is 0 Å². The third-order valence-corrected chi connectivity index (χ3v) is 3.91. The molecule has 0 aliphatic carbocycles. The number of nitrogens with one attached hydrogen (secondary N) is 1. The van der Waals surface area contributed by atoms with E-state index in [2.05, 4.69) is 10.4 Å². The first kappa shape index (κ1) is 18.2. The number of para-hydroxylation sites is 1. The Hall–Kier alpha value is -2.64. The van der Waals surface area contributed by atoms with Crippen LogP contribution in [-0.2, 0) is 6.73 Å². The second-order valence-corrected chi connectivity index (χ2v) is 5.96. The van der Waals surface area contributed by atoms with E-state index in [1.165, 1.54) is 23.0 Å². The predicted octanol–water partition coefficient (Wildman–Crippen LogP) is 4.76. The van der Waals surface area contributed by atoms with Gasteiger partial charge in [-0.15, -0.1) is 0 Å². The summed E-state index contributed by atoms with van der Waals surface area (Å²) < 4.78 is 33.0. The molecule has 9 heteroatoms. The molecule has 0 bridgehead atoms. The van der Waals surface area contributed by atoms with E-state index in [-0.39, 0.29) is 18.1 Å². The SMILES string of the molecule is O=C(Nc1ccc(F)c(F)c1)c1ccn(COc2c(Cl)cccc2Cl)n1. The summed E-state index contributed by atoms with van der Waals surface area (Å²) in [7, 11) is 0. The molecule has 0 aliphatic heterocycles. The number of aromatic nitrogens is 2. The van der Waals surface area contributed by atoms with Crippen molar-refractivity contribution >= 4 is 34.8 Å². The van der Waals surface area contributed by atoms with E-state index in [1.54, 1.807) is 18.2 Å². The zero-order chi connectivity index (χ0) is 18.7. The summed E-state index contributed by atoms with van der Waals surface area (Å²) in [6.45, 7) is -0.0259. The van der Waals surface area contributed by atoms with Crippen LogP contribution in [0.2, 0.25) is 10.0 Å². The lowest BCUT2D eigenvalue weighted by molar-refractivity contribution is 0.102. The van der Waals surface area contributed by atoms with E-state index in [9.17, 15) is 13.6 Å². The van der Waals surface area contributed by atoms with Crippen LogP contribution in [-0.4, -0.2) is 15.7 Å². The van der Waals surface area contributed by atoms with E-state index < -0.39 is 17.5 Å². The first-order chi connectivity index (χ1) is 12.4. The summed E-state index contributed by atoms with van der Waals surface area (Å²) in [4.78, 5) is 12.1. The van der Waals surface area contributed by atoms with Gasteiger partial charge in [-0.3, -0.25) is 4.79 Å². The fourth-order valence-corrected chi connectivity index (χ4v) is 2.58. The molecule has 0 unspecified atom stereocenters. The van der Waals surface area contributed by atoms with Gasteiger partial charge in [-0.1, -0.05) is 29.3 Å². The van der Waals surface area contributed by atoms with E-state index in [4.69, 9.17) is 27.9 Å². The lowest BCUT2D eigenvalue weighted by Gasteiger charge is -2.09. The van der Waals surface area contributed by atoms with Crippen LogP contribution in [0, 0.1) is 11.6 Å². The molecule has 26 heavy (non-hydrogen) atoms. The summed E-state index contributed by atoms with van der Waals surface area (Å²) in [5.41, 5.74) is 0.186. The number of benzene rings is 2. The maximum Gasteiger partial charge on any atom is 0.276 e. The maximum absolute atomic E-state index is 13.2. The van der Waals surface area contributed by atoms with Crippen LogP contribution in [0.4, 0.5) is 14.5 Å². The van der Waals surface area contributed by atoms with Crippen molar-refractivity contribution in [1.29, 1.82) is 0 Å². The lowest BCUT2D eigenvalue weighted by atomic mass is 10.3. The Morgan fingerprint density at radius 3 is 2.54 bits per heavy atom. The van der Waals surface area contributed by atoms with Gasteiger partial charge < -0.3 is 10.1 Å². The molecule has 0 radical (unpaired) electrons. The van der Waals surface area contributed by atoms with Crippen molar-refractivity contribution in [1.82, 2.24) is 9.78 Å². The third-order valence-electron chi connectivity index (χ3n) is 3.31. The van der Waals surface area contributed by atoms with Crippen LogP contribution in [0.1, 0.15) is 10.5 Å². The minimum Gasteiger partial charge on any atom is -0.468 e. The van der Waals surface area contributed by atoms with Crippen molar-refractivity contribution < 1.29 is 18.3 Å². The molecule has 0 fully saturated rings. The van der Waals surface area contributed by atoms with Gasteiger partial charge in [0.1, 0.15) is 0 Å². The number of carbonyl (C=O) groups is 1. The molecule has 0 saturated heterocycles. The fourth-order valence-electron chi connectivity index (χ4n) is 2.07. The number of halogens is 4. The molecule has 0 spiro atoms. The van der Waals surface area contributed by atoms with Crippen molar-refractivity contribution in [3.8, 4) is 5.75 Å². The summed E-state index contributed by atoms with van der Waals surface area (Å²) in [6.07, 6.45) is 1.52. The minimum atomic E-state index is -1.06. The molecule has 3 aromatic rings. The Balaban J connectivity index is 1.65. The van der Waals surface area contributed by atoms with E-state index >= 15 is 0 Å². The summed E-state index contributed by atoms with van der Waals surface area (Å²) in [6, 6.07) is 9.45. The van der Waals surface area contributed by atoms with Crippen molar-refractivity contribution in [3.63, 3.8) is 0 Å². The van der Waals surface area contributed by atoms with Gasteiger partial charge in [-0.2, -0.15) is 5.10 Å². The van der Waals surface area contributed by atoms with Crippen LogP contribution in [0.5, 0.6) is 5.75 Å². The normalized spacial score (nSPS) is 10.6. The predicted molar refractivity (Wildman–Crippen MR) is 93.6 cm³/mol. The van der Waals surface area contributed by atoms with Crippen molar-refractivity contribution in [2.45, 2.75) is 6.73 Å². The van der Waals surface area contributed by atoms with E-state index in [0.717, 1.165) is 12.1 Å². The molecule has 0 saturated carbocycles. The molecule has 1 aromatic heterocycles. The number of amides is 1. The van der Waals surface area contributed by atoms with Gasteiger partial charge in [-0.05, 0) is 30.3 Å². The highest BCUT2D eigenvalue weighted by Gasteiger charge is 2.12. The van der Waals surface area contributed by atoms with Crippen LogP contribution in [0.15, 0.2) is 48.7 Å². The summed E-state index contributed by atoms with van der Waals surface area (Å²) in [5.74, 6) is -2.33. The molecule has 134 valence electrons. The van der Waals surface area contributed by atoms with Gasteiger partial charge in [0.25, 0.3) is 5.91 Å². The zero-order valence-electron chi connectivity index (χ0n) is 13.0. The average molecular weight is 398 g/mol. The van der Waals surface area contributed by atoms with Gasteiger partial charge in [0.2, 0.25) is 0 Å². The number of rotatable bonds is 5. The number of ether oxygens (including phenoxy) is 1. The third kappa shape index (κ3) is 4.12. The Bertz CT molecular complexity index is 943. The Kier molecular flexibility index (Phi) is 5.39. The first-order valence-corrected chi connectivity index (χ1v) is 8.06. The highest BCUT2D eigenvalue weighted by atomic mass is 35.5. The lowest BCUT2D eigenvalue weighted by Crippen LogP contribution is -2.14. The van der Waals surface area contributed by atoms with Gasteiger partial charge in [0.05, 0.1) is 10.0 Å². The van der Waals surface area contributed by atoms with Crippen molar-refractivity contribution in [2.75, 3.05) is 5.32 Å². The highest BCUT2D eigenvalue weighted by molar-refractivity contribution is 6.37. The molecule has 1 amide bonds. The van der Waals surface area contributed by atoms with Crippen LogP contribution in [0.3, 0.4) is 0 Å². The van der Waals surface area contributed by atoms with Gasteiger partial charge >= 0.3 is 0 Å². The monoisotopic (exact) mass is 397 g/mol. The fraction of sp³-hybridized carbons (Fsp3) is 0.0588. The maximum atomic E-state index is 13.2. The largest absolute Gasteiger partial charge is 0.468 e. The number of nitrogens with zero attached hydrogens (tertiary/aromatic N) is 2. The van der Waals surface area contributed by atoms with E-state index in [1.807, 2.05) is 0 Å². The molecule has 1 heterocycles.